The van der Waals surface area contributed by atoms with Crippen molar-refractivity contribution in [1.29, 1.82) is 0 Å². The van der Waals surface area contributed by atoms with Crippen molar-refractivity contribution in [3.05, 3.63) is 60.9 Å². The van der Waals surface area contributed by atoms with Gasteiger partial charge in [-0.25, -0.2) is 0 Å². The van der Waals surface area contributed by atoms with Crippen molar-refractivity contribution in [2.75, 3.05) is 0 Å². The first-order valence-corrected chi connectivity index (χ1v) is 8.85. The highest BCUT2D eigenvalue weighted by Gasteiger charge is 2.37. The monoisotopic (exact) mass is 346 g/mol. The Morgan fingerprint density at radius 1 is 0.769 bits per heavy atom. The van der Waals surface area contributed by atoms with Gasteiger partial charge in [-0.1, -0.05) is 27.7 Å². The van der Waals surface area contributed by atoms with Crippen molar-refractivity contribution in [2.45, 2.75) is 40.8 Å². The highest BCUT2D eigenvalue weighted by molar-refractivity contribution is 5.76. The van der Waals surface area contributed by atoms with Crippen molar-refractivity contribution < 1.29 is 9.13 Å². The summed E-state index contributed by atoms with van der Waals surface area (Å²) in [7, 11) is 0. The molecule has 1 aliphatic rings. The molecule has 1 aliphatic heterocycles. The molecule has 4 nitrogen and oxygen atoms in total. The number of fused-ring (bicyclic) bond motifs is 7. The molecule has 0 unspecified atom stereocenters. The largest absolute Gasteiger partial charge is 0.334 e. The molecule has 0 aliphatic carbocycles. The third kappa shape index (κ3) is 2.62. The van der Waals surface area contributed by atoms with E-state index in [1.54, 1.807) is 0 Å². The fraction of sp³-hybridized carbons (Fsp3) is 0.273. The molecule has 0 N–H and O–H groups in total. The van der Waals surface area contributed by atoms with E-state index in [2.05, 4.69) is 76.3 Å². The van der Waals surface area contributed by atoms with E-state index in [-0.39, 0.29) is 13.6 Å². The average Bonchev–Trinajstić information content (AvgIpc) is 2.96. The zero-order valence-electron chi connectivity index (χ0n) is 14.8. The summed E-state index contributed by atoms with van der Waals surface area (Å²) in [5.41, 5.74) is 4.40. The standard InChI is InChI=1S/C18H14N4.C3H8.CH4/c1-12-21-15(8-6-13-4-2-10-19-17(13)21)16-9-7-14-5-3-11-20-18(14)22(12)16;1-3-2;/h2-12H,1H3;3H2,1-2H3;1H4/q+2;;. The van der Waals surface area contributed by atoms with Gasteiger partial charge in [-0.2, -0.15) is 9.13 Å². The van der Waals surface area contributed by atoms with Gasteiger partial charge in [0.1, 0.15) is 12.4 Å². The van der Waals surface area contributed by atoms with E-state index in [1.807, 2.05) is 24.5 Å². The molecule has 0 saturated carbocycles. The van der Waals surface area contributed by atoms with Crippen LogP contribution >= 0.6 is 0 Å². The number of rotatable bonds is 0. The smallest absolute Gasteiger partial charge is 0.179 e. The van der Waals surface area contributed by atoms with Gasteiger partial charge in [-0.15, -0.1) is 0 Å². The maximum Gasteiger partial charge on any atom is 0.334 e. The summed E-state index contributed by atoms with van der Waals surface area (Å²) in [6.07, 6.45) is 5.11. The van der Waals surface area contributed by atoms with Crippen LogP contribution < -0.4 is 9.13 Å². The van der Waals surface area contributed by atoms with Gasteiger partial charge in [0.05, 0.1) is 10.8 Å². The Bertz CT molecular complexity index is 987. The zero-order chi connectivity index (χ0) is 17.4. The van der Waals surface area contributed by atoms with Gasteiger partial charge in [-0.05, 0) is 58.5 Å². The Morgan fingerprint density at radius 3 is 1.62 bits per heavy atom. The molecule has 4 aromatic rings. The number of hydrogen-bond donors (Lipinski definition) is 0. The molecular weight excluding hydrogens is 320 g/mol. The summed E-state index contributed by atoms with van der Waals surface area (Å²) in [5, 5.41) is 2.31. The second-order valence-corrected chi connectivity index (χ2v) is 6.35. The van der Waals surface area contributed by atoms with Crippen LogP contribution in [0, 0.1) is 0 Å². The fourth-order valence-corrected chi connectivity index (χ4v) is 3.50. The summed E-state index contributed by atoms with van der Waals surface area (Å²) in [5.74, 6) is 0. The quantitative estimate of drug-likeness (QED) is 0.441. The van der Waals surface area contributed by atoms with Crippen LogP contribution in [0.15, 0.2) is 60.9 Å². The number of pyridine rings is 4. The van der Waals surface area contributed by atoms with Crippen molar-refractivity contribution in [3.63, 3.8) is 0 Å². The van der Waals surface area contributed by atoms with Gasteiger partial charge >= 0.3 is 11.3 Å². The van der Waals surface area contributed by atoms with E-state index < -0.39 is 0 Å². The topological polar surface area (TPSA) is 33.5 Å². The molecule has 4 aromatic heterocycles. The Hall–Kier alpha value is -2.88. The van der Waals surface area contributed by atoms with Crippen LogP contribution in [0.4, 0.5) is 0 Å². The van der Waals surface area contributed by atoms with Crippen molar-refractivity contribution >= 4 is 22.1 Å². The molecule has 0 atom stereocenters. The lowest BCUT2D eigenvalue weighted by Gasteiger charge is -2.04. The summed E-state index contributed by atoms with van der Waals surface area (Å²) in [4.78, 5) is 9.19. The average molecular weight is 346 g/mol. The lowest BCUT2D eigenvalue weighted by Crippen LogP contribution is -2.51. The third-order valence-corrected chi connectivity index (χ3v) is 4.46. The highest BCUT2D eigenvalue weighted by Crippen LogP contribution is 2.25. The molecule has 0 bridgehead atoms. The SMILES string of the molecule is C.CC1[n+]2c(ccc3cccnc32)-c2ccc3cccnc3[n+]21.CCC. The van der Waals surface area contributed by atoms with Gasteiger partial charge < -0.3 is 0 Å². The van der Waals surface area contributed by atoms with E-state index >= 15 is 0 Å². The number of nitrogens with zero attached hydrogens (tertiary/aromatic N) is 4. The minimum atomic E-state index is 0. The van der Waals surface area contributed by atoms with Crippen LogP contribution in [-0.2, 0) is 0 Å². The van der Waals surface area contributed by atoms with E-state index in [0.29, 0.717) is 0 Å². The second-order valence-electron chi connectivity index (χ2n) is 6.35. The van der Waals surface area contributed by atoms with Gasteiger partial charge in [0.25, 0.3) is 0 Å². The van der Waals surface area contributed by atoms with Gasteiger partial charge in [0.15, 0.2) is 11.4 Å². The molecule has 26 heavy (non-hydrogen) atoms. The van der Waals surface area contributed by atoms with E-state index in [4.69, 9.17) is 0 Å². The van der Waals surface area contributed by atoms with Crippen molar-refractivity contribution in [1.82, 2.24) is 9.97 Å². The second kappa shape index (κ2) is 7.16. The van der Waals surface area contributed by atoms with E-state index in [0.717, 1.165) is 22.1 Å². The summed E-state index contributed by atoms with van der Waals surface area (Å²) in [6, 6.07) is 16.8. The maximum absolute atomic E-state index is 4.60. The number of hydrogen-bond acceptors (Lipinski definition) is 2. The Kier molecular flexibility index (Phi) is 4.94. The first-order chi connectivity index (χ1) is 12.3. The highest BCUT2D eigenvalue weighted by atomic mass is 15.3. The van der Waals surface area contributed by atoms with Crippen LogP contribution in [0.5, 0.6) is 0 Å². The van der Waals surface area contributed by atoms with E-state index in [1.165, 1.54) is 17.8 Å². The molecule has 4 heteroatoms. The predicted octanol–water partition coefficient (Wildman–Crippen LogP) is 4.46. The normalized spacial score (nSPS) is 12.1. The van der Waals surface area contributed by atoms with Crippen LogP contribution in [0.25, 0.3) is 33.5 Å². The molecule has 0 radical (unpaired) electrons. The molecule has 0 amide bonds. The molecular formula is C22H26N4+2. The van der Waals surface area contributed by atoms with E-state index in [9.17, 15) is 0 Å². The molecule has 5 rings (SSSR count). The fourth-order valence-electron chi connectivity index (χ4n) is 3.50. The first-order valence-electron chi connectivity index (χ1n) is 8.85. The Labute approximate surface area is 154 Å². The Balaban J connectivity index is 0.000000461. The Morgan fingerprint density at radius 2 is 1.19 bits per heavy atom. The number of aromatic nitrogens is 4. The first kappa shape index (κ1) is 17.9. The summed E-state index contributed by atoms with van der Waals surface area (Å²) >= 11 is 0. The minimum Gasteiger partial charge on any atom is -0.179 e. The van der Waals surface area contributed by atoms with Crippen LogP contribution in [0.2, 0.25) is 0 Å². The van der Waals surface area contributed by atoms with Crippen molar-refractivity contribution in [3.8, 4) is 11.4 Å². The zero-order valence-corrected chi connectivity index (χ0v) is 14.8. The lowest BCUT2D eigenvalue weighted by molar-refractivity contribution is -0.885. The van der Waals surface area contributed by atoms with Gasteiger partial charge in [-0.3, -0.25) is 0 Å². The van der Waals surface area contributed by atoms with Crippen LogP contribution in [0.3, 0.4) is 0 Å². The molecule has 0 saturated heterocycles. The molecule has 5 heterocycles. The third-order valence-electron chi connectivity index (χ3n) is 4.46. The molecule has 132 valence electrons. The molecule has 0 spiro atoms. The maximum atomic E-state index is 4.60. The molecule has 0 fully saturated rings. The van der Waals surface area contributed by atoms with Gasteiger partial charge in [0, 0.05) is 6.92 Å². The lowest BCUT2D eigenvalue weighted by atomic mass is 10.2. The van der Waals surface area contributed by atoms with Crippen molar-refractivity contribution in [2.24, 2.45) is 0 Å². The molecule has 0 aromatic carbocycles. The van der Waals surface area contributed by atoms with Crippen LogP contribution in [0.1, 0.15) is 40.8 Å². The minimum absolute atomic E-state index is 0. The van der Waals surface area contributed by atoms with Gasteiger partial charge in [0.2, 0.25) is 6.17 Å². The summed E-state index contributed by atoms with van der Waals surface area (Å²) < 4.78 is 4.58. The van der Waals surface area contributed by atoms with Crippen LogP contribution in [-0.4, -0.2) is 9.97 Å². The summed E-state index contributed by atoms with van der Waals surface area (Å²) in [6.45, 7) is 6.45. The predicted molar refractivity (Wildman–Crippen MR) is 106 cm³/mol.